The zero-order chi connectivity index (χ0) is 14.2. The molecule has 0 aromatic carbocycles. The van der Waals surface area contributed by atoms with Crippen molar-refractivity contribution >= 4 is 30.4 Å². The molecule has 2 rings (SSSR count). The second-order valence-corrected chi connectivity index (χ2v) is 8.66. The second kappa shape index (κ2) is 5.83. The summed E-state index contributed by atoms with van der Waals surface area (Å²) in [5, 5.41) is 0. The van der Waals surface area contributed by atoms with Crippen LogP contribution in [0.1, 0.15) is 81.4 Å². The minimum atomic E-state index is -0.146. The molecular formula is C16H24BIO. The lowest BCUT2D eigenvalue weighted by Gasteiger charge is -2.25. The van der Waals surface area contributed by atoms with E-state index in [-0.39, 0.29) is 3.32 Å². The van der Waals surface area contributed by atoms with Crippen LogP contribution in [0.2, 0.25) is 0 Å². The van der Waals surface area contributed by atoms with E-state index in [1.54, 1.807) is 0 Å². The lowest BCUT2D eigenvalue weighted by Crippen LogP contribution is -2.25. The van der Waals surface area contributed by atoms with Crippen molar-refractivity contribution in [2.24, 2.45) is 0 Å². The van der Waals surface area contributed by atoms with Crippen LogP contribution in [0, 0.1) is 0 Å². The average Bonchev–Trinajstić information content (AvgIpc) is 2.60. The topological polar surface area (TPSA) is 13.1 Å². The van der Waals surface area contributed by atoms with Crippen LogP contribution >= 0.6 is 22.6 Å². The molecular weight excluding hydrogens is 346 g/mol. The standard InChI is InChI=1S/C16H24BIO/c1-10(2)14-12-7-5-6-8-16(17,18)9-13(12)19-15(14)11(3)4/h10-11H,5-9H2,1-4H3. The van der Waals surface area contributed by atoms with Gasteiger partial charge in [-0.25, -0.2) is 0 Å². The Hall–Kier alpha value is 0.0749. The normalized spacial score (nSPS) is 24.4. The van der Waals surface area contributed by atoms with Gasteiger partial charge in [0.25, 0.3) is 0 Å². The summed E-state index contributed by atoms with van der Waals surface area (Å²) in [6.45, 7) is 8.99. The molecule has 0 saturated heterocycles. The Bertz CT molecular complexity index is 446. The molecule has 3 heteroatoms. The third-order valence-electron chi connectivity index (χ3n) is 3.99. The van der Waals surface area contributed by atoms with Crippen LogP contribution in [0.3, 0.4) is 0 Å². The zero-order valence-corrected chi connectivity index (χ0v) is 14.7. The van der Waals surface area contributed by atoms with E-state index in [2.05, 4.69) is 50.3 Å². The van der Waals surface area contributed by atoms with Gasteiger partial charge in [0, 0.05) is 12.3 Å². The van der Waals surface area contributed by atoms with Crippen LogP contribution in [0.25, 0.3) is 0 Å². The lowest BCUT2D eigenvalue weighted by atomic mass is 9.76. The Balaban J connectivity index is 2.50. The highest BCUT2D eigenvalue weighted by molar-refractivity contribution is 14.1. The SMILES string of the molecule is [B]C1(I)CCCCc2c(oc(C(C)C)c2C(C)C)C1. The highest BCUT2D eigenvalue weighted by Gasteiger charge is 2.30. The van der Waals surface area contributed by atoms with Crippen LogP contribution in [0.15, 0.2) is 4.42 Å². The summed E-state index contributed by atoms with van der Waals surface area (Å²) in [4.78, 5) is 0. The summed E-state index contributed by atoms with van der Waals surface area (Å²) in [7, 11) is 6.40. The van der Waals surface area contributed by atoms with Crippen molar-refractivity contribution in [3.05, 3.63) is 22.6 Å². The molecule has 0 aliphatic heterocycles. The number of alkyl halides is 1. The molecule has 0 bridgehead atoms. The van der Waals surface area contributed by atoms with E-state index in [9.17, 15) is 0 Å². The fourth-order valence-corrected chi connectivity index (χ4v) is 3.83. The van der Waals surface area contributed by atoms with Crippen LogP contribution in [-0.2, 0) is 12.8 Å². The molecule has 1 aliphatic rings. The van der Waals surface area contributed by atoms with Crippen LogP contribution < -0.4 is 0 Å². The van der Waals surface area contributed by atoms with Gasteiger partial charge in [-0.2, -0.15) is 0 Å². The van der Waals surface area contributed by atoms with E-state index in [0.29, 0.717) is 11.8 Å². The highest BCUT2D eigenvalue weighted by atomic mass is 127. The predicted octanol–water partition coefficient (Wildman–Crippen LogP) is 5.10. The molecule has 0 fully saturated rings. The van der Waals surface area contributed by atoms with Crippen LogP contribution in [-0.4, -0.2) is 11.2 Å². The first-order valence-electron chi connectivity index (χ1n) is 7.44. The molecule has 1 atom stereocenters. The number of rotatable bonds is 2. The van der Waals surface area contributed by atoms with E-state index in [4.69, 9.17) is 12.3 Å². The number of halogens is 1. The molecule has 1 unspecified atom stereocenters. The minimum Gasteiger partial charge on any atom is -0.465 e. The number of hydrogen-bond donors (Lipinski definition) is 0. The first kappa shape index (κ1) is 15.5. The molecule has 1 heterocycles. The maximum Gasteiger partial charge on any atom is 0.110 e. The third kappa shape index (κ3) is 3.40. The largest absolute Gasteiger partial charge is 0.465 e. The van der Waals surface area contributed by atoms with Gasteiger partial charge in [0.2, 0.25) is 0 Å². The van der Waals surface area contributed by atoms with Crippen molar-refractivity contribution in [3.8, 4) is 0 Å². The Kier molecular flexibility index (Phi) is 4.74. The third-order valence-corrected chi connectivity index (χ3v) is 4.91. The van der Waals surface area contributed by atoms with Crippen molar-refractivity contribution in [2.75, 3.05) is 0 Å². The van der Waals surface area contributed by atoms with Gasteiger partial charge in [-0.1, -0.05) is 56.7 Å². The van der Waals surface area contributed by atoms with Crippen LogP contribution in [0.4, 0.5) is 0 Å². The summed E-state index contributed by atoms with van der Waals surface area (Å²) in [6, 6.07) is 0. The Morgan fingerprint density at radius 1 is 1.16 bits per heavy atom. The van der Waals surface area contributed by atoms with Gasteiger partial charge in [0.1, 0.15) is 11.5 Å². The van der Waals surface area contributed by atoms with E-state index in [1.165, 1.54) is 29.7 Å². The van der Waals surface area contributed by atoms with E-state index in [0.717, 1.165) is 25.0 Å². The molecule has 1 nitrogen and oxygen atoms in total. The summed E-state index contributed by atoms with van der Waals surface area (Å²) in [5.74, 6) is 3.33. The van der Waals surface area contributed by atoms with Crippen molar-refractivity contribution in [1.29, 1.82) is 0 Å². The molecule has 104 valence electrons. The van der Waals surface area contributed by atoms with Gasteiger partial charge in [0.05, 0.1) is 7.85 Å². The van der Waals surface area contributed by atoms with Gasteiger partial charge < -0.3 is 4.42 Å². The summed E-state index contributed by atoms with van der Waals surface area (Å²) < 4.78 is 6.10. The van der Waals surface area contributed by atoms with Gasteiger partial charge in [-0.05, 0) is 39.6 Å². The zero-order valence-electron chi connectivity index (χ0n) is 12.6. The lowest BCUT2D eigenvalue weighted by molar-refractivity contribution is 0.427. The fraction of sp³-hybridized carbons (Fsp3) is 0.750. The van der Waals surface area contributed by atoms with Gasteiger partial charge in [-0.3, -0.25) is 0 Å². The first-order chi connectivity index (χ1) is 8.82. The second-order valence-electron chi connectivity index (χ2n) is 6.51. The average molecular weight is 370 g/mol. The summed E-state index contributed by atoms with van der Waals surface area (Å²) in [6.07, 6.45) is 5.56. The molecule has 0 N–H and O–H groups in total. The van der Waals surface area contributed by atoms with Gasteiger partial charge in [0.15, 0.2) is 0 Å². The maximum atomic E-state index is 6.40. The predicted molar refractivity (Wildman–Crippen MR) is 90.7 cm³/mol. The smallest absolute Gasteiger partial charge is 0.110 e. The Labute approximate surface area is 132 Å². The van der Waals surface area contributed by atoms with Crippen molar-refractivity contribution < 1.29 is 4.42 Å². The Morgan fingerprint density at radius 3 is 2.42 bits per heavy atom. The van der Waals surface area contributed by atoms with Crippen molar-refractivity contribution in [2.45, 2.75) is 75.0 Å². The maximum absolute atomic E-state index is 6.40. The number of furan rings is 1. The monoisotopic (exact) mass is 370 g/mol. The van der Waals surface area contributed by atoms with Gasteiger partial charge in [-0.15, -0.1) is 0 Å². The summed E-state index contributed by atoms with van der Waals surface area (Å²) in [5.41, 5.74) is 2.92. The van der Waals surface area contributed by atoms with E-state index >= 15 is 0 Å². The quantitative estimate of drug-likeness (QED) is 0.401. The molecule has 0 saturated carbocycles. The fourth-order valence-electron chi connectivity index (χ4n) is 3.10. The number of fused-ring (bicyclic) bond motifs is 1. The Morgan fingerprint density at radius 2 is 1.84 bits per heavy atom. The molecule has 19 heavy (non-hydrogen) atoms. The molecule has 0 spiro atoms. The van der Waals surface area contributed by atoms with Gasteiger partial charge >= 0.3 is 0 Å². The molecule has 1 aliphatic carbocycles. The minimum absolute atomic E-state index is 0.146. The highest BCUT2D eigenvalue weighted by Crippen LogP contribution is 2.39. The summed E-state index contributed by atoms with van der Waals surface area (Å²) >= 11 is 2.40. The van der Waals surface area contributed by atoms with Crippen LogP contribution in [0.5, 0.6) is 0 Å². The van der Waals surface area contributed by atoms with E-state index < -0.39 is 0 Å². The van der Waals surface area contributed by atoms with Crippen molar-refractivity contribution in [1.82, 2.24) is 0 Å². The van der Waals surface area contributed by atoms with E-state index in [1.807, 2.05) is 0 Å². The van der Waals surface area contributed by atoms with Crippen molar-refractivity contribution in [3.63, 3.8) is 0 Å². The molecule has 1 aromatic rings. The number of hydrogen-bond acceptors (Lipinski definition) is 1. The molecule has 0 amide bonds. The molecule has 2 radical (unpaired) electrons. The first-order valence-corrected chi connectivity index (χ1v) is 8.52. The molecule has 1 aromatic heterocycles.